The highest BCUT2D eigenvalue weighted by Crippen LogP contribution is 2.23. The maximum atomic E-state index is 12.2. The molecule has 0 aliphatic carbocycles. The van der Waals surface area contributed by atoms with Crippen LogP contribution < -0.4 is 10.6 Å². The third kappa shape index (κ3) is 3.48. The second-order valence-corrected chi connectivity index (χ2v) is 7.01. The first-order valence-electron chi connectivity index (χ1n) is 8.05. The molecule has 1 atom stereocenters. The number of likely N-dealkylation sites (tertiary alicyclic amines) is 1. The SMILES string of the molecule is CC(C)N1CC(C(=O)NCCNc2ncnc3sccc23)CC1=O. The number of carbonyl (C=O) groups is 2. The van der Waals surface area contributed by atoms with Crippen molar-refractivity contribution in [1.82, 2.24) is 20.2 Å². The fraction of sp³-hybridized carbons (Fsp3) is 0.500. The van der Waals surface area contributed by atoms with Crippen LogP contribution in [0.4, 0.5) is 5.82 Å². The molecular formula is C16H21N5O2S. The van der Waals surface area contributed by atoms with Gasteiger partial charge >= 0.3 is 0 Å². The van der Waals surface area contributed by atoms with Crippen LogP contribution in [0.2, 0.25) is 0 Å². The largest absolute Gasteiger partial charge is 0.368 e. The number of nitrogens with one attached hydrogen (secondary N) is 2. The molecule has 8 heteroatoms. The van der Waals surface area contributed by atoms with E-state index >= 15 is 0 Å². The molecule has 1 aliphatic rings. The zero-order valence-electron chi connectivity index (χ0n) is 13.8. The van der Waals surface area contributed by atoms with E-state index in [1.807, 2.05) is 25.3 Å². The predicted molar refractivity (Wildman–Crippen MR) is 93.9 cm³/mol. The quantitative estimate of drug-likeness (QED) is 0.773. The van der Waals surface area contributed by atoms with E-state index in [0.717, 1.165) is 16.0 Å². The number of carbonyl (C=O) groups excluding carboxylic acids is 2. The number of hydrogen-bond acceptors (Lipinski definition) is 6. The molecule has 0 spiro atoms. The Kier molecular flexibility index (Phi) is 4.94. The van der Waals surface area contributed by atoms with Gasteiger partial charge in [-0.25, -0.2) is 9.97 Å². The predicted octanol–water partition coefficient (Wildman–Crippen LogP) is 1.48. The lowest BCUT2D eigenvalue weighted by Gasteiger charge is -2.20. The molecule has 0 radical (unpaired) electrons. The molecule has 2 aromatic rings. The summed E-state index contributed by atoms with van der Waals surface area (Å²) in [4.78, 5) is 35.2. The van der Waals surface area contributed by atoms with Crippen LogP contribution in [-0.2, 0) is 9.59 Å². The number of nitrogens with zero attached hydrogens (tertiary/aromatic N) is 3. The summed E-state index contributed by atoms with van der Waals surface area (Å²) in [5, 5.41) is 9.08. The fourth-order valence-electron chi connectivity index (χ4n) is 2.85. The van der Waals surface area contributed by atoms with Crippen LogP contribution in [0, 0.1) is 5.92 Å². The molecule has 2 N–H and O–H groups in total. The molecule has 2 amide bonds. The van der Waals surface area contributed by atoms with Crippen molar-refractivity contribution < 1.29 is 9.59 Å². The summed E-state index contributed by atoms with van der Waals surface area (Å²) in [6, 6.07) is 2.12. The van der Waals surface area contributed by atoms with Crippen LogP contribution in [0.15, 0.2) is 17.8 Å². The molecule has 7 nitrogen and oxygen atoms in total. The lowest BCUT2D eigenvalue weighted by atomic mass is 10.1. The van der Waals surface area contributed by atoms with E-state index in [1.54, 1.807) is 16.2 Å². The number of fused-ring (bicyclic) bond motifs is 1. The number of anilines is 1. The van der Waals surface area contributed by atoms with Gasteiger partial charge in [0.05, 0.1) is 11.3 Å². The number of hydrogen-bond donors (Lipinski definition) is 2. The molecule has 24 heavy (non-hydrogen) atoms. The average molecular weight is 347 g/mol. The first kappa shape index (κ1) is 16.6. The van der Waals surface area contributed by atoms with Gasteiger partial charge in [-0.15, -0.1) is 11.3 Å². The molecule has 3 rings (SSSR count). The van der Waals surface area contributed by atoms with Crippen molar-refractivity contribution >= 4 is 39.2 Å². The van der Waals surface area contributed by atoms with Crippen molar-refractivity contribution in [3.05, 3.63) is 17.8 Å². The Morgan fingerprint density at radius 2 is 2.25 bits per heavy atom. The van der Waals surface area contributed by atoms with E-state index in [4.69, 9.17) is 0 Å². The van der Waals surface area contributed by atoms with Gasteiger partial charge in [0.1, 0.15) is 17.0 Å². The van der Waals surface area contributed by atoms with Crippen LogP contribution in [0.5, 0.6) is 0 Å². The van der Waals surface area contributed by atoms with Gasteiger partial charge in [0.2, 0.25) is 11.8 Å². The second-order valence-electron chi connectivity index (χ2n) is 6.12. The van der Waals surface area contributed by atoms with Crippen LogP contribution in [-0.4, -0.2) is 52.4 Å². The van der Waals surface area contributed by atoms with E-state index in [9.17, 15) is 9.59 Å². The van der Waals surface area contributed by atoms with Crippen molar-refractivity contribution in [2.24, 2.45) is 5.92 Å². The highest BCUT2D eigenvalue weighted by Gasteiger charge is 2.35. The van der Waals surface area contributed by atoms with Crippen LogP contribution >= 0.6 is 11.3 Å². The maximum Gasteiger partial charge on any atom is 0.225 e. The summed E-state index contributed by atoms with van der Waals surface area (Å²) in [6.07, 6.45) is 1.84. The van der Waals surface area contributed by atoms with Gasteiger partial charge in [0, 0.05) is 32.1 Å². The number of thiophene rings is 1. The highest BCUT2D eigenvalue weighted by atomic mass is 32.1. The minimum absolute atomic E-state index is 0.0586. The Bertz CT molecular complexity index is 745. The zero-order valence-corrected chi connectivity index (χ0v) is 14.6. The minimum Gasteiger partial charge on any atom is -0.368 e. The fourth-order valence-corrected chi connectivity index (χ4v) is 3.58. The normalized spacial score (nSPS) is 17.7. The van der Waals surface area contributed by atoms with Crippen molar-refractivity contribution in [2.45, 2.75) is 26.3 Å². The highest BCUT2D eigenvalue weighted by molar-refractivity contribution is 7.16. The van der Waals surface area contributed by atoms with Crippen molar-refractivity contribution in [3.63, 3.8) is 0 Å². The van der Waals surface area contributed by atoms with Gasteiger partial charge in [0.15, 0.2) is 0 Å². The Morgan fingerprint density at radius 1 is 1.42 bits per heavy atom. The molecule has 1 fully saturated rings. The van der Waals surface area contributed by atoms with Crippen LogP contribution in [0.25, 0.3) is 10.2 Å². The van der Waals surface area contributed by atoms with Gasteiger partial charge in [0.25, 0.3) is 0 Å². The number of amides is 2. The summed E-state index contributed by atoms with van der Waals surface area (Å²) >= 11 is 1.57. The third-order valence-electron chi connectivity index (χ3n) is 4.13. The van der Waals surface area contributed by atoms with Gasteiger partial charge in [-0.3, -0.25) is 9.59 Å². The topological polar surface area (TPSA) is 87.2 Å². The molecular weight excluding hydrogens is 326 g/mol. The van der Waals surface area contributed by atoms with Gasteiger partial charge in [-0.05, 0) is 25.3 Å². The Morgan fingerprint density at radius 3 is 3.00 bits per heavy atom. The molecule has 3 heterocycles. The molecule has 1 saturated heterocycles. The number of rotatable bonds is 6. The van der Waals surface area contributed by atoms with Crippen molar-refractivity contribution in [1.29, 1.82) is 0 Å². The molecule has 0 saturated carbocycles. The minimum atomic E-state index is -0.248. The average Bonchev–Trinajstić information content (AvgIpc) is 3.18. The van der Waals surface area contributed by atoms with E-state index in [-0.39, 0.29) is 23.8 Å². The standard InChI is InChI=1S/C16H21N5O2S/c1-10(2)21-8-11(7-13(21)22)15(23)18-5-4-17-14-12-3-6-24-16(12)20-9-19-14/h3,6,9-11H,4-5,7-8H2,1-2H3,(H,18,23)(H,17,19,20). The third-order valence-corrected chi connectivity index (χ3v) is 4.95. The summed E-state index contributed by atoms with van der Waals surface area (Å²) in [5.41, 5.74) is 0. The van der Waals surface area contributed by atoms with Crippen molar-refractivity contribution in [2.75, 3.05) is 25.0 Å². The van der Waals surface area contributed by atoms with Gasteiger partial charge in [-0.1, -0.05) is 0 Å². The van der Waals surface area contributed by atoms with Crippen molar-refractivity contribution in [3.8, 4) is 0 Å². The van der Waals surface area contributed by atoms with Crippen LogP contribution in [0.3, 0.4) is 0 Å². The Balaban J connectivity index is 1.46. The maximum absolute atomic E-state index is 12.2. The first-order valence-corrected chi connectivity index (χ1v) is 8.93. The zero-order chi connectivity index (χ0) is 17.1. The second kappa shape index (κ2) is 7.12. The monoisotopic (exact) mass is 347 g/mol. The number of aromatic nitrogens is 2. The van der Waals surface area contributed by atoms with Gasteiger partial charge in [-0.2, -0.15) is 0 Å². The molecule has 2 aromatic heterocycles. The first-order chi connectivity index (χ1) is 11.6. The van der Waals surface area contributed by atoms with Crippen LogP contribution in [0.1, 0.15) is 20.3 Å². The summed E-state index contributed by atoms with van der Waals surface area (Å²) in [5.74, 6) is 0.529. The van der Waals surface area contributed by atoms with E-state index in [0.29, 0.717) is 26.1 Å². The molecule has 128 valence electrons. The Labute approximate surface area is 144 Å². The van der Waals surface area contributed by atoms with E-state index in [2.05, 4.69) is 20.6 Å². The lowest BCUT2D eigenvalue weighted by molar-refractivity contribution is -0.129. The lowest BCUT2D eigenvalue weighted by Crippen LogP contribution is -2.37. The Hall–Kier alpha value is -2.22. The summed E-state index contributed by atoms with van der Waals surface area (Å²) in [7, 11) is 0. The van der Waals surface area contributed by atoms with Gasteiger partial charge < -0.3 is 15.5 Å². The summed E-state index contributed by atoms with van der Waals surface area (Å²) < 4.78 is 0. The van der Waals surface area contributed by atoms with E-state index < -0.39 is 0 Å². The molecule has 0 bridgehead atoms. The smallest absolute Gasteiger partial charge is 0.225 e. The van der Waals surface area contributed by atoms with E-state index in [1.165, 1.54) is 6.33 Å². The molecule has 0 aromatic carbocycles. The molecule has 1 unspecified atom stereocenters. The summed E-state index contributed by atoms with van der Waals surface area (Å²) in [6.45, 7) is 5.50. The molecule has 1 aliphatic heterocycles.